The van der Waals surface area contributed by atoms with E-state index in [0.29, 0.717) is 6.42 Å². The van der Waals surface area contributed by atoms with Crippen molar-refractivity contribution in [1.29, 1.82) is 0 Å². The van der Waals surface area contributed by atoms with Gasteiger partial charge in [0.25, 0.3) is 11.6 Å². The lowest BCUT2D eigenvalue weighted by atomic mass is 9.80. The topological polar surface area (TPSA) is 136 Å². The lowest BCUT2D eigenvalue weighted by molar-refractivity contribution is -0.384. The molecule has 3 fully saturated rings. The molecule has 2 saturated carbocycles. The molecule has 2 bridgehead atoms. The summed E-state index contributed by atoms with van der Waals surface area (Å²) in [6.07, 6.45) is 0.647. The summed E-state index contributed by atoms with van der Waals surface area (Å²) in [5.41, 5.74) is 0.248. The van der Waals surface area contributed by atoms with Gasteiger partial charge < -0.3 is 10.1 Å². The van der Waals surface area contributed by atoms with Gasteiger partial charge in [-0.15, -0.1) is 23.2 Å². The quantitative estimate of drug-likeness (QED) is 0.198. The van der Waals surface area contributed by atoms with E-state index in [-0.39, 0.29) is 57.0 Å². The number of non-ortho nitro benzene ring substituents is 1. The van der Waals surface area contributed by atoms with E-state index in [2.05, 4.69) is 5.32 Å². The highest BCUT2D eigenvalue weighted by Gasteiger charge is 2.66. The van der Waals surface area contributed by atoms with Crippen molar-refractivity contribution in [3.8, 4) is 0 Å². The van der Waals surface area contributed by atoms with Crippen LogP contribution in [0.4, 0.5) is 17.1 Å². The van der Waals surface area contributed by atoms with Gasteiger partial charge in [-0.05, 0) is 42.5 Å². The van der Waals surface area contributed by atoms with Crippen molar-refractivity contribution in [3.63, 3.8) is 0 Å². The van der Waals surface area contributed by atoms with Crippen LogP contribution < -0.4 is 10.2 Å². The first-order chi connectivity index (χ1) is 17.2. The molecule has 2 aromatic rings. The number of esters is 1. The Morgan fingerprint density at radius 2 is 1.67 bits per heavy atom. The van der Waals surface area contributed by atoms with Crippen LogP contribution in [-0.4, -0.2) is 46.0 Å². The second-order valence-corrected chi connectivity index (χ2v) is 10.0. The molecule has 1 saturated heterocycles. The van der Waals surface area contributed by atoms with E-state index in [1.54, 1.807) is 6.07 Å². The van der Waals surface area contributed by atoms with Gasteiger partial charge in [0.2, 0.25) is 11.8 Å². The number of nitrogens with one attached hydrogen (secondary N) is 1. The summed E-state index contributed by atoms with van der Waals surface area (Å²) < 4.78 is 5.05. The third-order valence-corrected chi connectivity index (χ3v) is 8.32. The van der Waals surface area contributed by atoms with E-state index in [1.165, 1.54) is 42.5 Å². The number of carbonyl (C=O) groups is 4. The second-order valence-electron chi connectivity index (χ2n) is 9.00. The maximum absolute atomic E-state index is 13.2. The molecule has 3 aliphatic rings. The van der Waals surface area contributed by atoms with Gasteiger partial charge in [-0.2, -0.15) is 0 Å². The zero-order valence-corrected chi connectivity index (χ0v) is 20.0. The highest BCUT2D eigenvalue weighted by molar-refractivity contribution is 6.32. The van der Waals surface area contributed by atoms with Gasteiger partial charge in [0.1, 0.15) is 0 Å². The molecule has 0 radical (unpaired) electrons. The van der Waals surface area contributed by atoms with Crippen molar-refractivity contribution in [2.24, 2.45) is 23.7 Å². The average Bonchev–Trinajstić information content (AvgIpc) is 3.47. The monoisotopic (exact) mass is 531 g/mol. The molecule has 2 aromatic carbocycles. The van der Waals surface area contributed by atoms with Gasteiger partial charge >= 0.3 is 5.97 Å². The van der Waals surface area contributed by atoms with E-state index in [1.807, 2.05) is 0 Å². The average molecular weight is 532 g/mol. The van der Waals surface area contributed by atoms with Gasteiger partial charge in [-0.3, -0.25) is 29.4 Å². The van der Waals surface area contributed by atoms with E-state index >= 15 is 0 Å². The summed E-state index contributed by atoms with van der Waals surface area (Å²) in [4.78, 5) is 62.4. The second kappa shape index (κ2) is 9.18. The minimum atomic E-state index is -0.841. The summed E-state index contributed by atoms with van der Waals surface area (Å²) >= 11 is 12.8. The minimum Gasteiger partial charge on any atom is -0.452 e. The standard InChI is InChI=1S/C24H19Cl2N3O7/c25-20-15-9-16(21(20)26)19-18(15)22(31)28(23(19)32)13-5-1-3-11(7-13)24(33)36-10-17(30)27-12-4-2-6-14(8-12)29(34)35/h1-8,15-16,18-21H,9-10H2,(H,27,30)/t15-,16-,18-,19+,20-,21+/m1/s1. The number of fused-ring (bicyclic) bond motifs is 5. The van der Waals surface area contributed by atoms with Crippen LogP contribution in [0.25, 0.3) is 0 Å². The summed E-state index contributed by atoms with van der Waals surface area (Å²) in [6.45, 7) is -0.644. The Labute approximate surface area is 214 Å². The van der Waals surface area contributed by atoms with Crippen LogP contribution in [-0.2, 0) is 19.1 Å². The number of benzene rings is 2. The molecule has 0 aromatic heterocycles. The third kappa shape index (κ3) is 4.00. The normalized spacial score (nSPS) is 28.2. The molecule has 5 rings (SSSR count). The largest absolute Gasteiger partial charge is 0.452 e. The molecule has 1 aliphatic heterocycles. The minimum absolute atomic E-state index is 0.0433. The smallest absolute Gasteiger partial charge is 0.338 e. The molecule has 0 unspecified atom stereocenters. The van der Waals surface area contributed by atoms with Crippen LogP contribution >= 0.6 is 23.2 Å². The molecule has 2 aliphatic carbocycles. The summed E-state index contributed by atoms with van der Waals surface area (Å²) in [5, 5.41) is 12.5. The Hall–Kier alpha value is -3.50. The number of rotatable bonds is 6. The summed E-state index contributed by atoms with van der Waals surface area (Å²) in [7, 11) is 0. The fourth-order valence-electron chi connectivity index (χ4n) is 5.48. The van der Waals surface area contributed by atoms with Crippen LogP contribution in [0, 0.1) is 33.8 Å². The lowest BCUT2D eigenvalue weighted by Gasteiger charge is -2.28. The number of imide groups is 1. The molecule has 186 valence electrons. The number of ether oxygens (including phenoxy) is 1. The summed E-state index contributed by atoms with van der Waals surface area (Å²) in [6, 6.07) is 11.2. The predicted molar refractivity (Wildman–Crippen MR) is 129 cm³/mol. The number of nitrogens with zero attached hydrogens (tertiary/aromatic N) is 2. The molecule has 1 N–H and O–H groups in total. The fraction of sp³-hybridized carbons (Fsp3) is 0.333. The van der Waals surface area contributed by atoms with Gasteiger partial charge in [-0.1, -0.05) is 12.1 Å². The number of anilines is 2. The Morgan fingerprint density at radius 3 is 2.31 bits per heavy atom. The molecular weight excluding hydrogens is 513 g/mol. The Bertz CT molecular complexity index is 1270. The molecule has 10 nitrogen and oxygen atoms in total. The fourth-order valence-corrected chi connectivity index (χ4v) is 6.38. The van der Waals surface area contributed by atoms with E-state index in [9.17, 15) is 29.3 Å². The van der Waals surface area contributed by atoms with Crippen LogP contribution in [0.3, 0.4) is 0 Å². The Morgan fingerprint density at radius 1 is 1.03 bits per heavy atom. The maximum Gasteiger partial charge on any atom is 0.338 e. The van der Waals surface area contributed by atoms with Crippen LogP contribution in [0.15, 0.2) is 48.5 Å². The number of halogens is 2. The van der Waals surface area contributed by atoms with E-state index < -0.39 is 35.2 Å². The van der Waals surface area contributed by atoms with E-state index in [4.69, 9.17) is 27.9 Å². The third-order valence-electron chi connectivity index (χ3n) is 7.00. The van der Waals surface area contributed by atoms with Crippen LogP contribution in [0.2, 0.25) is 0 Å². The zero-order chi connectivity index (χ0) is 25.7. The Kier molecular flexibility index (Phi) is 6.17. The molecule has 6 atom stereocenters. The molecule has 12 heteroatoms. The number of alkyl halides is 2. The van der Waals surface area contributed by atoms with Crippen molar-refractivity contribution < 1.29 is 28.8 Å². The number of nitro groups is 1. The van der Waals surface area contributed by atoms with Crippen molar-refractivity contribution in [2.75, 3.05) is 16.8 Å². The van der Waals surface area contributed by atoms with Crippen molar-refractivity contribution in [2.45, 2.75) is 17.2 Å². The number of hydrogen-bond donors (Lipinski definition) is 1. The zero-order valence-electron chi connectivity index (χ0n) is 18.5. The first-order valence-electron chi connectivity index (χ1n) is 11.1. The molecule has 36 heavy (non-hydrogen) atoms. The molecule has 1 heterocycles. The SMILES string of the molecule is O=C(COC(=O)c1cccc(N2C(=O)[C@@H]3[C@H]4C[C@@H]([C@H](Cl)[C@@H]4Cl)[C@@H]3C2=O)c1)Nc1cccc([N+](=O)[O-])c1. The predicted octanol–water partition coefficient (Wildman–Crippen LogP) is 3.36. The highest BCUT2D eigenvalue weighted by Crippen LogP contribution is 2.59. The molecular formula is C24H19Cl2N3O7. The summed E-state index contributed by atoms with van der Waals surface area (Å²) in [5.74, 6) is -3.61. The first-order valence-corrected chi connectivity index (χ1v) is 12.0. The first kappa shape index (κ1) is 24.2. The van der Waals surface area contributed by atoms with Crippen molar-refractivity contribution in [3.05, 3.63) is 64.2 Å². The van der Waals surface area contributed by atoms with Crippen molar-refractivity contribution in [1.82, 2.24) is 0 Å². The van der Waals surface area contributed by atoms with Crippen molar-refractivity contribution >= 4 is 64.0 Å². The van der Waals surface area contributed by atoms with E-state index in [0.717, 1.165) is 4.90 Å². The number of amides is 3. The molecule has 0 spiro atoms. The van der Waals surface area contributed by atoms with Gasteiger partial charge in [0.15, 0.2) is 6.61 Å². The van der Waals surface area contributed by atoms with Crippen LogP contribution in [0.1, 0.15) is 16.8 Å². The number of nitro benzene ring substituents is 1. The Balaban J connectivity index is 1.25. The maximum atomic E-state index is 13.2. The van der Waals surface area contributed by atoms with Gasteiger partial charge in [0.05, 0.1) is 38.8 Å². The highest BCUT2D eigenvalue weighted by atomic mass is 35.5. The number of hydrogen-bond acceptors (Lipinski definition) is 7. The lowest BCUT2D eigenvalue weighted by Crippen LogP contribution is -2.37. The number of carbonyl (C=O) groups excluding carboxylic acids is 4. The van der Waals surface area contributed by atoms with Crippen LogP contribution in [0.5, 0.6) is 0 Å². The van der Waals surface area contributed by atoms with Gasteiger partial charge in [0, 0.05) is 17.8 Å². The molecule has 3 amide bonds. The van der Waals surface area contributed by atoms with Gasteiger partial charge in [-0.25, -0.2) is 4.79 Å².